The van der Waals surface area contributed by atoms with Crippen LogP contribution in [0.4, 0.5) is 5.69 Å². The zero-order valence-corrected chi connectivity index (χ0v) is 15.0. The van der Waals surface area contributed by atoms with Crippen molar-refractivity contribution < 1.29 is 9.90 Å². The van der Waals surface area contributed by atoms with E-state index in [1.165, 1.54) is 6.42 Å². The van der Waals surface area contributed by atoms with Gasteiger partial charge in [0.2, 0.25) is 0 Å². The Bertz CT molecular complexity index is 981. The van der Waals surface area contributed by atoms with Gasteiger partial charge in [0, 0.05) is 34.6 Å². The van der Waals surface area contributed by atoms with Crippen molar-refractivity contribution in [1.82, 2.24) is 4.98 Å². The molecular formula is C21H19ClN2O2. The van der Waals surface area contributed by atoms with E-state index < -0.39 is 5.97 Å². The van der Waals surface area contributed by atoms with Crippen molar-refractivity contribution in [3.63, 3.8) is 0 Å². The first-order valence-corrected chi connectivity index (χ1v) is 9.20. The molecule has 0 aliphatic carbocycles. The minimum absolute atomic E-state index is 0.0977. The standard InChI is InChI=1S/C21H19ClN2O2/c22-16-10-4-2-8-14(16)18-15-9-3-5-11-17(15)23-19(21(25)26)20(18)24-12-6-1-7-13-24/h2-5,8-11H,1,6-7,12-13H2,(H,25,26). The summed E-state index contributed by atoms with van der Waals surface area (Å²) < 4.78 is 0. The van der Waals surface area contributed by atoms with Gasteiger partial charge in [-0.15, -0.1) is 0 Å². The molecular weight excluding hydrogens is 348 g/mol. The average Bonchev–Trinajstić information content (AvgIpc) is 2.67. The molecule has 0 amide bonds. The van der Waals surface area contributed by atoms with Gasteiger partial charge in [0.25, 0.3) is 0 Å². The summed E-state index contributed by atoms with van der Waals surface area (Å²) in [4.78, 5) is 18.7. The third-order valence-corrected chi connectivity index (χ3v) is 5.21. The Morgan fingerprint density at radius 1 is 1.00 bits per heavy atom. The largest absolute Gasteiger partial charge is 0.476 e. The van der Waals surface area contributed by atoms with E-state index in [4.69, 9.17) is 11.6 Å². The molecule has 0 radical (unpaired) electrons. The highest BCUT2D eigenvalue weighted by atomic mass is 35.5. The normalized spacial score (nSPS) is 14.6. The number of piperidine rings is 1. The number of nitrogens with zero attached hydrogens (tertiary/aromatic N) is 2. The highest BCUT2D eigenvalue weighted by Crippen LogP contribution is 2.42. The lowest BCUT2D eigenvalue weighted by atomic mass is 9.95. The van der Waals surface area contributed by atoms with E-state index in [2.05, 4.69) is 9.88 Å². The number of para-hydroxylation sites is 1. The summed E-state index contributed by atoms with van der Waals surface area (Å²) in [6.07, 6.45) is 3.27. The molecule has 4 nitrogen and oxygen atoms in total. The molecule has 1 fully saturated rings. The zero-order valence-electron chi connectivity index (χ0n) is 14.3. The number of carbonyl (C=O) groups is 1. The van der Waals surface area contributed by atoms with Gasteiger partial charge in [0.1, 0.15) is 0 Å². The SMILES string of the molecule is O=C(O)c1nc2ccccc2c(-c2ccccc2Cl)c1N1CCCCC1. The lowest BCUT2D eigenvalue weighted by Gasteiger charge is -2.32. The Balaban J connectivity index is 2.11. The van der Waals surface area contributed by atoms with Gasteiger partial charge >= 0.3 is 5.97 Å². The quantitative estimate of drug-likeness (QED) is 0.688. The Morgan fingerprint density at radius 2 is 1.69 bits per heavy atom. The van der Waals surface area contributed by atoms with Crippen LogP contribution in [0.25, 0.3) is 22.0 Å². The van der Waals surface area contributed by atoms with Crippen LogP contribution in [0.2, 0.25) is 5.02 Å². The number of aromatic nitrogens is 1. The molecule has 0 atom stereocenters. The van der Waals surface area contributed by atoms with Crippen LogP contribution >= 0.6 is 11.6 Å². The number of anilines is 1. The first-order chi connectivity index (χ1) is 12.7. The van der Waals surface area contributed by atoms with Crippen LogP contribution in [0.5, 0.6) is 0 Å². The fourth-order valence-electron chi connectivity index (χ4n) is 3.71. The van der Waals surface area contributed by atoms with Crippen molar-refractivity contribution in [2.75, 3.05) is 18.0 Å². The van der Waals surface area contributed by atoms with Crippen LogP contribution in [0, 0.1) is 0 Å². The molecule has 1 N–H and O–H groups in total. The predicted molar refractivity (Wildman–Crippen MR) is 105 cm³/mol. The molecule has 0 unspecified atom stereocenters. The highest BCUT2D eigenvalue weighted by molar-refractivity contribution is 6.34. The van der Waals surface area contributed by atoms with Crippen LogP contribution < -0.4 is 4.90 Å². The van der Waals surface area contributed by atoms with Crippen molar-refractivity contribution in [1.29, 1.82) is 0 Å². The van der Waals surface area contributed by atoms with E-state index in [1.54, 1.807) is 0 Å². The summed E-state index contributed by atoms with van der Waals surface area (Å²) in [5, 5.41) is 11.4. The second-order valence-electron chi connectivity index (χ2n) is 6.53. The smallest absolute Gasteiger partial charge is 0.356 e. The maximum absolute atomic E-state index is 12.1. The second kappa shape index (κ2) is 6.96. The fourth-order valence-corrected chi connectivity index (χ4v) is 3.94. The molecule has 0 spiro atoms. The minimum atomic E-state index is -1.01. The Kier molecular flexibility index (Phi) is 4.51. The van der Waals surface area contributed by atoms with Crippen LogP contribution in [0.3, 0.4) is 0 Å². The van der Waals surface area contributed by atoms with Crippen LogP contribution in [-0.4, -0.2) is 29.1 Å². The number of benzene rings is 2. The molecule has 1 aliphatic heterocycles. The number of aromatic carboxylic acids is 1. The van der Waals surface area contributed by atoms with E-state index >= 15 is 0 Å². The molecule has 0 bridgehead atoms. The summed E-state index contributed by atoms with van der Waals surface area (Å²) in [5.74, 6) is -1.01. The lowest BCUT2D eigenvalue weighted by molar-refractivity contribution is 0.0691. The van der Waals surface area contributed by atoms with E-state index in [0.717, 1.165) is 42.4 Å². The number of halogens is 1. The van der Waals surface area contributed by atoms with Crippen LogP contribution in [0.1, 0.15) is 29.8 Å². The molecule has 3 aromatic rings. The maximum atomic E-state index is 12.1. The number of rotatable bonds is 3. The van der Waals surface area contributed by atoms with E-state index in [1.807, 2.05) is 48.5 Å². The van der Waals surface area contributed by atoms with Crippen molar-refractivity contribution in [3.8, 4) is 11.1 Å². The molecule has 132 valence electrons. The van der Waals surface area contributed by atoms with Crippen molar-refractivity contribution in [2.24, 2.45) is 0 Å². The molecule has 2 aromatic carbocycles. The Morgan fingerprint density at radius 3 is 2.42 bits per heavy atom. The van der Waals surface area contributed by atoms with Crippen LogP contribution in [0.15, 0.2) is 48.5 Å². The zero-order chi connectivity index (χ0) is 18.1. The average molecular weight is 367 g/mol. The Labute approximate surface area is 157 Å². The first-order valence-electron chi connectivity index (χ1n) is 8.82. The van der Waals surface area contributed by atoms with E-state index in [0.29, 0.717) is 16.2 Å². The Hall–Kier alpha value is -2.59. The summed E-state index contributed by atoms with van der Waals surface area (Å²) in [6, 6.07) is 15.3. The molecule has 5 heteroatoms. The summed E-state index contributed by atoms with van der Waals surface area (Å²) in [6.45, 7) is 1.66. The summed E-state index contributed by atoms with van der Waals surface area (Å²) in [7, 11) is 0. The maximum Gasteiger partial charge on any atom is 0.356 e. The number of fused-ring (bicyclic) bond motifs is 1. The monoisotopic (exact) mass is 366 g/mol. The van der Waals surface area contributed by atoms with Crippen molar-refractivity contribution in [2.45, 2.75) is 19.3 Å². The molecule has 1 aliphatic rings. The van der Waals surface area contributed by atoms with Gasteiger partial charge in [-0.25, -0.2) is 9.78 Å². The van der Waals surface area contributed by atoms with Gasteiger partial charge in [0.15, 0.2) is 5.69 Å². The van der Waals surface area contributed by atoms with Crippen molar-refractivity contribution >= 4 is 34.2 Å². The minimum Gasteiger partial charge on any atom is -0.476 e. The fraction of sp³-hybridized carbons (Fsp3) is 0.238. The van der Waals surface area contributed by atoms with E-state index in [9.17, 15) is 9.90 Å². The molecule has 1 saturated heterocycles. The first kappa shape index (κ1) is 16.9. The van der Waals surface area contributed by atoms with Gasteiger partial charge in [0.05, 0.1) is 11.2 Å². The number of pyridine rings is 1. The van der Waals surface area contributed by atoms with Gasteiger partial charge in [-0.3, -0.25) is 0 Å². The third kappa shape index (κ3) is 2.90. The topological polar surface area (TPSA) is 53.4 Å². The number of carboxylic acids is 1. The van der Waals surface area contributed by atoms with Crippen LogP contribution in [-0.2, 0) is 0 Å². The van der Waals surface area contributed by atoms with Gasteiger partial charge < -0.3 is 10.0 Å². The third-order valence-electron chi connectivity index (χ3n) is 4.88. The molecule has 1 aromatic heterocycles. The number of hydrogen-bond acceptors (Lipinski definition) is 3. The number of carboxylic acid groups (broad SMARTS) is 1. The second-order valence-corrected chi connectivity index (χ2v) is 6.94. The van der Waals surface area contributed by atoms with E-state index in [-0.39, 0.29) is 5.69 Å². The molecule has 4 rings (SSSR count). The van der Waals surface area contributed by atoms with Crippen molar-refractivity contribution in [3.05, 3.63) is 59.2 Å². The highest BCUT2D eigenvalue weighted by Gasteiger charge is 2.26. The summed E-state index contributed by atoms with van der Waals surface area (Å²) in [5.41, 5.74) is 3.15. The predicted octanol–water partition coefficient (Wildman–Crippen LogP) is 5.24. The summed E-state index contributed by atoms with van der Waals surface area (Å²) >= 11 is 6.52. The molecule has 26 heavy (non-hydrogen) atoms. The van der Waals surface area contributed by atoms with Gasteiger partial charge in [-0.1, -0.05) is 48.0 Å². The molecule has 0 saturated carbocycles. The van der Waals surface area contributed by atoms with Gasteiger partial charge in [-0.05, 0) is 31.4 Å². The lowest BCUT2D eigenvalue weighted by Crippen LogP contribution is -2.32. The molecule has 2 heterocycles. The van der Waals surface area contributed by atoms with Gasteiger partial charge in [-0.2, -0.15) is 0 Å². The number of hydrogen-bond donors (Lipinski definition) is 1.